The Balaban J connectivity index is 1.81. The van der Waals surface area contributed by atoms with Gasteiger partial charge >= 0.3 is 0 Å². The maximum absolute atomic E-state index is 12.6. The minimum atomic E-state index is -0.284. The SMILES string of the molecule is COc1ccc2c3c1OC1C(=O)CCC4[C@@H](C2)N(C)CC[C@]314. The maximum atomic E-state index is 12.6. The van der Waals surface area contributed by atoms with Gasteiger partial charge in [0, 0.05) is 23.4 Å². The standard InChI is InChI=1S/C18H21NO3/c1-19-8-7-18-11-4-5-13(20)17(18)22-16-14(21-2)6-3-10(15(16)18)9-12(11)19/h3,6,11-12,17H,4-5,7-9H2,1-2H3/t11?,12-,17?,18+/m1/s1. The van der Waals surface area contributed by atoms with Crippen molar-refractivity contribution in [3.63, 3.8) is 0 Å². The van der Waals surface area contributed by atoms with Crippen molar-refractivity contribution in [1.82, 2.24) is 4.90 Å². The molecule has 0 aromatic heterocycles. The van der Waals surface area contributed by atoms with Gasteiger partial charge in [-0.05, 0) is 50.4 Å². The lowest BCUT2D eigenvalue weighted by molar-refractivity contribution is -0.138. The van der Waals surface area contributed by atoms with E-state index >= 15 is 0 Å². The van der Waals surface area contributed by atoms with Crippen molar-refractivity contribution in [2.45, 2.75) is 43.2 Å². The number of benzene rings is 1. The molecule has 4 aliphatic rings. The molecule has 1 aromatic carbocycles. The number of rotatable bonds is 1. The fraction of sp³-hybridized carbons (Fsp3) is 0.611. The van der Waals surface area contributed by atoms with Crippen LogP contribution in [0.2, 0.25) is 0 Å². The van der Waals surface area contributed by atoms with Gasteiger partial charge < -0.3 is 14.4 Å². The largest absolute Gasteiger partial charge is 0.493 e. The molecule has 0 amide bonds. The molecular weight excluding hydrogens is 278 g/mol. The molecule has 22 heavy (non-hydrogen) atoms. The fourth-order valence-electron chi connectivity index (χ4n) is 5.67. The number of ketones is 1. The molecule has 5 rings (SSSR count). The molecule has 1 aromatic rings. The van der Waals surface area contributed by atoms with E-state index in [1.165, 1.54) is 11.1 Å². The molecule has 0 radical (unpaired) electrons. The summed E-state index contributed by atoms with van der Waals surface area (Å²) in [6.45, 7) is 1.05. The van der Waals surface area contributed by atoms with E-state index < -0.39 is 0 Å². The van der Waals surface area contributed by atoms with Crippen LogP contribution in [0.4, 0.5) is 0 Å². The molecular formula is C18H21NO3. The Bertz CT molecular complexity index is 685. The number of likely N-dealkylation sites (N-methyl/N-ethyl adjacent to an activating group) is 1. The van der Waals surface area contributed by atoms with Gasteiger partial charge in [0.25, 0.3) is 0 Å². The molecule has 2 fully saturated rings. The Hall–Kier alpha value is -1.55. The van der Waals surface area contributed by atoms with Crippen LogP contribution in [-0.4, -0.2) is 43.5 Å². The molecule has 2 aliphatic carbocycles. The minimum absolute atomic E-state index is 0.0933. The number of carbonyl (C=O) groups excluding carboxylic acids is 1. The predicted molar refractivity (Wildman–Crippen MR) is 81.6 cm³/mol. The van der Waals surface area contributed by atoms with E-state index in [4.69, 9.17) is 9.47 Å². The highest BCUT2D eigenvalue weighted by Crippen LogP contribution is 2.62. The maximum Gasteiger partial charge on any atom is 0.174 e. The molecule has 2 bridgehead atoms. The first kappa shape index (κ1) is 12.9. The van der Waals surface area contributed by atoms with Gasteiger partial charge in [0.2, 0.25) is 0 Å². The van der Waals surface area contributed by atoms with Crippen LogP contribution in [0.15, 0.2) is 12.1 Å². The van der Waals surface area contributed by atoms with Crippen molar-refractivity contribution in [3.05, 3.63) is 23.3 Å². The van der Waals surface area contributed by atoms with Gasteiger partial charge in [-0.2, -0.15) is 0 Å². The lowest BCUT2D eigenvalue weighted by Gasteiger charge is -2.57. The number of carbonyl (C=O) groups is 1. The molecule has 4 atom stereocenters. The minimum Gasteiger partial charge on any atom is -0.493 e. The Labute approximate surface area is 130 Å². The normalized spacial score (nSPS) is 38.5. The van der Waals surface area contributed by atoms with Crippen LogP contribution in [0.3, 0.4) is 0 Å². The van der Waals surface area contributed by atoms with Gasteiger partial charge in [-0.1, -0.05) is 6.07 Å². The van der Waals surface area contributed by atoms with Crippen molar-refractivity contribution in [2.24, 2.45) is 5.92 Å². The number of ether oxygens (including phenoxy) is 2. The van der Waals surface area contributed by atoms with Crippen LogP contribution in [0.5, 0.6) is 11.5 Å². The summed E-state index contributed by atoms with van der Waals surface area (Å²) in [5.41, 5.74) is 2.57. The van der Waals surface area contributed by atoms with E-state index in [9.17, 15) is 4.79 Å². The average molecular weight is 299 g/mol. The second-order valence-electron chi connectivity index (χ2n) is 7.28. The monoisotopic (exact) mass is 299 g/mol. The Morgan fingerprint density at radius 3 is 3.09 bits per heavy atom. The summed E-state index contributed by atoms with van der Waals surface area (Å²) in [6, 6.07) is 4.73. The third kappa shape index (κ3) is 1.27. The van der Waals surface area contributed by atoms with E-state index in [0.29, 0.717) is 18.4 Å². The summed E-state index contributed by atoms with van der Waals surface area (Å²) < 4.78 is 11.8. The molecule has 2 unspecified atom stereocenters. The number of Topliss-reactive ketones (excluding diaryl/α,β-unsaturated/α-hetero) is 1. The van der Waals surface area contributed by atoms with Crippen LogP contribution < -0.4 is 9.47 Å². The molecule has 1 saturated heterocycles. The second-order valence-corrected chi connectivity index (χ2v) is 7.28. The van der Waals surface area contributed by atoms with Gasteiger partial charge in [-0.3, -0.25) is 4.79 Å². The zero-order valence-electron chi connectivity index (χ0n) is 13.1. The van der Waals surface area contributed by atoms with Gasteiger partial charge in [0.05, 0.1) is 7.11 Å². The molecule has 1 spiro atoms. The quantitative estimate of drug-likeness (QED) is 0.794. The van der Waals surface area contributed by atoms with Crippen molar-refractivity contribution < 1.29 is 14.3 Å². The van der Waals surface area contributed by atoms with Gasteiger partial charge in [0.1, 0.15) is 0 Å². The van der Waals surface area contributed by atoms with Crippen LogP contribution in [0, 0.1) is 5.92 Å². The smallest absolute Gasteiger partial charge is 0.174 e. The third-order valence-electron chi connectivity index (χ3n) is 6.59. The topological polar surface area (TPSA) is 38.8 Å². The van der Waals surface area contributed by atoms with Gasteiger partial charge in [-0.25, -0.2) is 0 Å². The number of likely N-dealkylation sites (tertiary alicyclic amines) is 1. The van der Waals surface area contributed by atoms with Crippen molar-refractivity contribution in [3.8, 4) is 11.5 Å². The van der Waals surface area contributed by atoms with Gasteiger partial charge in [-0.15, -0.1) is 0 Å². The highest BCUT2D eigenvalue weighted by Gasteiger charge is 2.65. The Kier molecular flexibility index (Phi) is 2.38. The number of piperidine rings is 1. The first-order valence-corrected chi connectivity index (χ1v) is 8.27. The van der Waals surface area contributed by atoms with E-state index in [0.717, 1.165) is 37.3 Å². The second kappa shape index (κ2) is 4.05. The molecule has 4 nitrogen and oxygen atoms in total. The Morgan fingerprint density at radius 1 is 1.41 bits per heavy atom. The molecule has 0 N–H and O–H groups in total. The van der Waals surface area contributed by atoms with Crippen LogP contribution in [0.1, 0.15) is 30.4 Å². The summed E-state index contributed by atoms with van der Waals surface area (Å²) >= 11 is 0. The highest BCUT2D eigenvalue weighted by molar-refractivity contribution is 5.89. The van der Waals surface area contributed by atoms with Crippen LogP contribution in [-0.2, 0) is 16.6 Å². The van der Waals surface area contributed by atoms with Crippen LogP contribution >= 0.6 is 0 Å². The van der Waals surface area contributed by atoms with E-state index in [1.54, 1.807) is 7.11 Å². The molecule has 1 saturated carbocycles. The van der Waals surface area contributed by atoms with E-state index in [-0.39, 0.29) is 17.3 Å². The summed E-state index contributed by atoms with van der Waals surface area (Å²) in [4.78, 5) is 15.1. The predicted octanol–water partition coefficient (Wildman–Crippen LogP) is 1.93. The van der Waals surface area contributed by atoms with Gasteiger partial charge in [0.15, 0.2) is 23.4 Å². The summed E-state index contributed by atoms with van der Waals surface area (Å²) in [7, 11) is 3.91. The molecule has 4 heteroatoms. The molecule has 2 aliphatic heterocycles. The highest BCUT2D eigenvalue weighted by atomic mass is 16.5. The fourth-order valence-corrected chi connectivity index (χ4v) is 5.67. The summed E-state index contributed by atoms with van der Waals surface area (Å²) in [5, 5.41) is 0. The zero-order valence-corrected chi connectivity index (χ0v) is 13.1. The van der Waals surface area contributed by atoms with E-state index in [1.807, 2.05) is 6.07 Å². The molecule has 116 valence electrons. The third-order valence-corrected chi connectivity index (χ3v) is 6.59. The Morgan fingerprint density at radius 2 is 2.27 bits per heavy atom. The summed E-state index contributed by atoms with van der Waals surface area (Å²) in [6.07, 6.45) is 3.47. The van der Waals surface area contributed by atoms with Crippen LogP contribution in [0.25, 0.3) is 0 Å². The first-order valence-electron chi connectivity index (χ1n) is 8.27. The van der Waals surface area contributed by atoms with Crippen molar-refractivity contribution in [1.29, 1.82) is 0 Å². The number of nitrogens with zero attached hydrogens (tertiary/aromatic N) is 1. The summed E-state index contributed by atoms with van der Waals surface area (Å²) in [5.74, 6) is 2.46. The number of methoxy groups -OCH3 is 1. The lowest BCUT2D eigenvalue weighted by atomic mass is 9.52. The van der Waals surface area contributed by atoms with Crippen molar-refractivity contribution in [2.75, 3.05) is 20.7 Å². The van der Waals surface area contributed by atoms with E-state index in [2.05, 4.69) is 18.0 Å². The van der Waals surface area contributed by atoms with Crippen molar-refractivity contribution >= 4 is 5.78 Å². The lowest BCUT2D eigenvalue weighted by Crippen LogP contribution is -2.65. The molecule has 2 heterocycles. The number of hydrogen-bond acceptors (Lipinski definition) is 4. The first-order chi connectivity index (χ1) is 10.7. The zero-order chi connectivity index (χ0) is 15.1. The number of hydrogen-bond donors (Lipinski definition) is 0. The average Bonchev–Trinajstić information content (AvgIpc) is 2.88.